The number of H-pyrrole nitrogens is 1. The van der Waals surface area contributed by atoms with E-state index in [0.717, 1.165) is 15.8 Å². The molecule has 0 saturated heterocycles. The molecule has 11 heteroatoms. The Kier molecular flexibility index (Phi) is 5.98. The van der Waals surface area contributed by atoms with Gasteiger partial charge in [-0.3, -0.25) is 9.59 Å². The van der Waals surface area contributed by atoms with E-state index in [9.17, 15) is 18.0 Å². The lowest BCUT2D eigenvalue weighted by molar-refractivity contribution is -0.118. The van der Waals surface area contributed by atoms with Crippen molar-refractivity contribution in [3.63, 3.8) is 0 Å². The first-order valence-corrected chi connectivity index (χ1v) is 15.1. The summed E-state index contributed by atoms with van der Waals surface area (Å²) in [7, 11) is -3.78. The van der Waals surface area contributed by atoms with Crippen molar-refractivity contribution in [2.75, 3.05) is 11.9 Å². The maximum atomic E-state index is 12.3. The monoisotopic (exact) mass is 543 g/mol. The van der Waals surface area contributed by atoms with E-state index >= 15 is 0 Å². The largest absolute Gasteiger partial charge is 0.484 e. The van der Waals surface area contributed by atoms with Crippen molar-refractivity contribution in [2.45, 2.75) is 40.4 Å². The number of thiazole rings is 1. The van der Waals surface area contributed by atoms with Gasteiger partial charge in [0, 0.05) is 21.7 Å². The van der Waals surface area contributed by atoms with Crippen molar-refractivity contribution in [1.29, 1.82) is 0 Å². The maximum absolute atomic E-state index is 12.3. The molecule has 0 radical (unpaired) electrons. The maximum Gasteiger partial charge on any atom is 0.305 e. The second-order valence-corrected chi connectivity index (χ2v) is 13.4. The van der Waals surface area contributed by atoms with Gasteiger partial charge in [0.2, 0.25) is 10.0 Å². The Bertz CT molecular complexity index is 1460. The number of nitrogens with two attached hydrogens (primary N) is 1. The van der Waals surface area contributed by atoms with Crippen molar-refractivity contribution < 1.29 is 17.9 Å². The van der Waals surface area contributed by atoms with Crippen molar-refractivity contribution in [3.05, 3.63) is 68.6 Å². The van der Waals surface area contributed by atoms with Crippen LogP contribution in [0.25, 0.3) is 0 Å². The van der Waals surface area contributed by atoms with E-state index in [2.05, 4.69) is 22.4 Å². The molecular formula is C25H25N3O5S3. The van der Waals surface area contributed by atoms with Crippen LogP contribution in [0.15, 0.2) is 63.2 Å². The summed E-state index contributed by atoms with van der Waals surface area (Å²) >= 11 is 3.21. The molecule has 36 heavy (non-hydrogen) atoms. The minimum absolute atomic E-state index is 0.00933. The summed E-state index contributed by atoms with van der Waals surface area (Å²) < 4.78 is 28.4. The minimum Gasteiger partial charge on any atom is -0.484 e. The number of fused-ring (bicyclic) bond motifs is 6. The highest BCUT2D eigenvalue weighted by Crippen LogP contribution is 2.63. The number of sulfonamides is 1. The molecule has 6 rings (SSSR count). The zero-order valence-electron chi connectivity index (χ0n) is 19.2. The van der Waals surface area contributed by atoms with Gasteiger partial charge in [-0.05, 0) is 79.0 Å². The summed E-state index contributed by atoms with van der Waals surface area (Å²) in [4.78, 5) is 28.7. The van der Waals surface area contributed by atoms with Crippen LogP contribution in [0.2, 0.25) is 0 Å². The number of aromatic nitrogens is 1. The predicted octanol–water partition coefficient (Wildman–Crippen LogP) is 3.75. The standard InChI is InChI=1S/C25H25N3O5S3/c26-36(31,32)18-9-5-16(6-10-18)27-19(29)12-33-17-7-3-13(4-8-17)20-21-14-1-2-15(11-14)22(21)34-24-23(20)35-25(30)28-24/h3-10,14-15,20-22H,1-2,11-12H2,(H,27,29)(H,28,30)(H2,26,31,32)/t14?,15?,20-,21?,22?/m1/s1. The normalized spacial score (nSPS) is 26.3. The van der Waals surface area contributed by atoms with Gasteiger partial charge in [0.05, 0.1) is 9.92 Å². The predicted molar refractivity (Wildman–Crippen MR) is 139 cm³/mol. The number of primary sulfonamides is 1. The molecular weight excluding hydrogens is 518 g/mol. The number of anilines is 1. The summed E-state index contributed by atoms with van der Waals surface area (Å²) in [6.45, 7) is -0.186. The van der Waals surface area contributed by atoms with Gasteiger partial charge in [0.25, 0.3) is 5.91 Å². The van der Waals surface area contributed by atoms with Crippen LogP contribution in [0.5, 0.6) is 5.75 Å². The van der Waals surface area contributed by atoms with Gasteiger partial charge in [-0.2, -0.15) is 0 Å². The van der Waals surface area contributed by atoms with Gasteiger partial charge >= 0.3 is 4.87 Å². The number of nitrogens with one attached hydrogen (secondary N) is 2. The first-order chi connectivity index (χ1) is 17.3. The van der Waals surface area contributed by atoms with E-state index in [0.29, 0.717) is 28.5 Å². The Balaban J connectivity index is 1.14. The number of carbonyl (C=O) groups is 1. The van der Waals surface area contributed by atoms with Crippen LogP contribution in [0.1, 0.15) is 35.6 Å². The van der Waals surface area contributed by atoms with Crippen molar-refractivity contribution in [3.8, 4) is 5.75 Å². The van der Waals surface area contributed by atoms with Crippen molar-refractivity contribution in [1.82, 2.24) is 4.98 Å². The summed E-state index contributed by atoms with van der Waals surface area (Å²) in [5.41, 5.74) is 1.63. The molecule has 3 aliphatic rings. The molecule has 2 aliphatic carbocycles. The highest BCUT2D eigenvalue weighted by atomic mass is 32.2. The van der Waals surface area contributed by atoms with Crippen LogP contribution in [0, 0.1) is 17.8 Å². The molecule has 5 atom stereocenters. The lowest BCUT2D eigenvalue weighted by atomic mass is 9.75. The lowest BCUT2D eigenvalue weighted by Gasteiger charge is -2.40. The average molecular weight is 544 g/mol. The van der Waals surface area contributed by atoms with Crippen LogP contribution in [-0.4, -0.2) is 31.2 Å². The van der Waals surface area contributed by atoms with Crippen molar-refractivity contribution >= 4 is 44.7 Å². The Morgan fingerprint density at radius 1 is 1.08 bits per heavy atom. The highest BCUT2D eigenvalue weighted by molar-refractivity contribution is 8.00. The van der Waals surface area contributed by atoms with Crippen molar-refractivity contribution in [2.24, 2.45) is 22.9 Å². The number of carbonyl (C=O) groups excluding carboxylic acids is 1. The Hall–Kier alpha value is -2.60. The second kappa shape index (κ2) is 9.05. The molecule has 1 aliphatic heterocycles. The number of hydrogen-bond acceptors (Lipinski definition) is 7. The molecule has 1 amide bonds. The molecule has 4 unspecified atom stereocenters. The SMILES string of the molecule is NS(=O)(=O)c1ccc(NC(=O)COc2ccc([C@H]3c4sc(=O)[nH]c4SC4C5CCC(C5)C43)cc2)cc1. The van der Waals surface area contributed by atoms with E-state index in [4.69, 9.17) is 9.88 Å². The fraction of sp³-hybridized carbons (Fsp3) is 0.360. The summed E-state index contributed by atoms with van der Waals surface area (Å²) in [6, 6.07) is 13.5. The van der Waals surface area contributed by atoms with E-state index in [1.807, 2.05) is 23.9 Å². The molecule has 1 aromatic heterocycles. The molecule has 2 bridgehead atoms. The fourth-order valence-electron chi connectivity index (χ4n) is 6.07. The number of benzene rings is 2. The van der Waals surface area contributed by atoms with Gasteiger partial charge in [-0.1, -0.05) is 23.5 Å². The minimum atomic E-state index is -3.78. The van der Waals surface area contributed by atoms with E-state index in [1.54, 1.807) is 0 Å². The molecule has 2 heterocycles. The summed E-state index contributed by atoms with van der Waals surface area (Å²) in [5, 5.41) is 9.37. The van der Waals surface area contributed by atoms with Crippen LogP contribution in [0.4, 0.5) is 5.69 Å². The van der Waals surface area contributed by atoms with Crippen LogP contribution in [-0.2, 0) is 14.8 Å². The van der Waals surface area contributed by atoms with E-state index in [-0.39, 0.29) is 28.2 Å². The zero-order valence-corrected chi connectivity index (χ0v) is 21.6. The molecule has 188 valence electrons. The topological polar surface area (TPSA) is 131 Å². The highest BCUT2D eigenvalue weighted by Gasteiger charge is 2.54. The summed E-state index contributed by atoms with van der Waals surface area (Å²) in [6.07, 6.45) is 3.86. The first-order valence-electron chi connectivity index (χ1n) is 11.8. The van der Waals surface area contributed by atoms with Gasteiger partial charge in [-0.25, -0.2) is 13.6 Å². The first kappa shape index (κ1) is 23.8. The van der Waals surface area contributed by atoms with Crippen LogP contribution < -0.4 is 20.1 Å². The third-order valence-corrected chi connectivity index (χ3v) is 11.1. The third kappa shape index (κ3) is 4.38. The molecule has 2 fully saturated rings. The number of rotatable bonds is 6. The van der Waals surface area contributed by atoms with Crippen LogP contribution >= 0.6 is 23.1 Å². The second-order valence-electron chi connectivity index (χ2n) is 9.65. The van der Waals surface area contributed by atoms with Gasteiger partial charge in [0.1, 0.15) is 5.75 Å². The molecule has 4 N–H and O–H groups in total. The summed E-state index contributed by atoms with van der Waals surface area (Å²) in [5.74, 6) is 2.42. The zero-order chi connectivity index (χ0) is 25.0. The Morgan fingerprint density at radius 2 is 1.81 bits per heavy atom. The molecule has 2 saturated carbocycles. The smallest absolute Gasteiger partial charge is 0.305 e. The number of ether oxygens (including phenoxy) is 1. The molecule has 0 spiro atoms. The number of thioether (sulfide) groups is 1. The molecule has 2 aromatic carbocycles. The third-order valence-electron chi connectivity index (χ3n) is 7.54. The van der Waals surface area contributed by atoms with Gasteiger partial charge < -0.3 is 15.0 Å². The molecule has 3 aromatic rings. The quantitative estimate of drug-likeness (QED) is 0.434. The number of amides is 1. The Labute approximate surface area is 216 Å². The number of hydrogen-bond donors (Lipinski definition) is 3. The molecule has 8 nitrogen and oxygen atoms in total. The van der Waals surface area contributed by atoms with Crippen LogP contribution in [0.3, 0.4) is 0 Å². The number of aromatic amines is 1. The van der Waals surface area contributed by atoms with Gasteiger partial charge in [0.15, 0.2) is 6.61 Å². The Morgan fingerprint density at radius 3 is 2.53 bits per heavy atom. The lowest BCUT2D eigenvalue weighted by Crippen LogP contribution is -2.33. The van der Waals surface area contributed by atoms with Gasteiger partial charge in [-0.15, -0.1) is 11.8 Å². The average Bonchev–Trinajstić information content (AvgIpc) is 3.56. The fourth-order valence-corrected chi connectivity index (χ4v) is 9.48. The van der Waals surface area contributed by atoms with E-state index < -0.39 is 10.0 Å². The van der Waals surface area contributed by atoms with E-state index in [1.165, 1.54) is 60.4 Å².